The van der Waals surface area contributed by atoms with Gasteiger partial charge >= 0.3 is 0 Å². The zero-order valence-electron chi connectivity index (χ0n) is 16.4. The highest BCUT2D eigenvalue weighted by atomic mass is 35.5. The van der Waals surface area contributed by atoms with Crippen molar-refractivity contribution in [1.29, 1.82) is 0 Å². The molecule has 0 bridgehead atoms. The summed E-state index contributed by atoms with van der Waals surface area (Å²) < 4.78 is 13.8. The summed E-state index contributed by atoms with van der Waals surface area (Å²) in [4.78, 5) is 6.83. The van der Waals surface area contributed by atoms with Gasteiger partial charge in [-0.1, -0.05) is 23.7 Å². The van der Waals surface area contributed by atoms with E-state index in [1.807, 2.05) is 26.1 Å². The third-order valence-corrected chi connectivity index (χ3v) is 5.80. The smallest absolute Gasteiger partial charge is 0.158 e. The van der Waals surface area contributed by atoms with E-state index in [0.717, 1.165) is 48.2 Å². The number of hydrogen-bond donors (Lipinski definition) is 2. The van der Waals surface area contributed by atoms with E-state index in [0.29, 0.717) is 11.4 Å². The van der Waals surface area contributed by atoms with Gasteiger partial charge in [0.15, 0.2) is 5.82 Å². The summed E-state index contributed by atoms with van der Waals surface area (Å²) in [6, 6.07) is 6.54. The van der Waals surface area contributed by atoms with Crippen molar-refractivity contribution in [3.8, 4) is 0 Å². The predicted octanol–water partition coefficient (Wildman–Crippen LogP) is 4.26. The van der Waals surface area contributed by atoms with Crippen molar-refractivity contribution in [2.45, 2.75) is 38.8 Å². The second-order valence-corrected chi connectivity index (χ2v) is 7.83. The molecule has 2 N–H and O–H groups in total. The Kier molecular flexibility index (Phi) is 5.52. The van der Waals surface area contributed by atoms with E-state index in [1.54, 1.807) is 12.1 Å². The van der Waals surface area contributed by atoms with Crippen molar-refractivity contribution < 1.29 is 9.50 Å². The van der Waals surface area contributed by atoms with Gasteiger partial charge in [-0.05, 0) is 44.4 Å². The van der Waals surface area contributed by atoms with Crippen LogP contribution in [0.1, 0.15) is 37.1 Å². The Balaban J connectivity index is 1.69. The molecule has 0 amide bonds. The Morgan fingerprint density at radius 2 is 2.03 bits per heavy atom. The van der Waals surface area contributed by atoms with Crippen molar-refractivity contribution in [3.63, 3.8) is 0 Å². The van der Waals surface area contributed by atoms with E-state index < -0.39 is 5.82 Å². The summed E-state index contributed by atoms with van der Waals surface area (Å²) in [6.07, 6.45) is 3.09. The van der Waals surface area contributed by atoms with Crippen LogP contribution in [-0.4, -0.2) is 39.5 Å². The van der Waals surface area contributed by atoms with Crippen LogP contribution < -0.4 is 10.2 Å². The number of anilines is 2. The third-order valence-electron chi connectivity index (χ3n) is 5.40. The standard InChI is InChI=1S/C21H23ClFN5O/c1-12(16-4-3-5-18(23)19(16)22)25-21-17-10-14(28-8-6-15(29)7-9-28)11-24-20(17)13(2)26-27-21/h3-5,10-12,15,29H,6-9H2,1-2H3,(H,25,27)/t12-/m1/s1. The zero-order chi connectivity index (χ0) is 20.5. The van der Waals surface area contributed by atoms with Crippen LogP contribution in [0.2, 0.25) is 5.02 Å². The molecule has 1 aliphatic rings. The quantitative estimate of drug-likeness (QED) is 0.663. The summed E-state index contributed by atoms with van der Waals surface area (Å²) in [5, 5.41) is 22.6. The van der Waals surface area contributed by atoms with E-state index in [1.165, 1.54) is 6.07 Å². The fourth-order valence-electron chi connectivity index (χ4n) is 3.69. The molecule has 3 aromatic rings. The van der Waals surface area contributed by atoms with Crippen LogP contribution in [-0.2, 0) is 0 Å². The lowest BCUT2D eigenvalue weighted by molar-refractivity contribution is 0.145. The van der Waals surface area contributed by atoms with Crippen LogP contribution in [0.15, 0.2) is 30.5 Å². The van der Waals surface area contributed by atoms with Gasteiger partial charge in [-0.15, -0.1) is 5.10 Å². The highest BCUT2D eigenvalue weighted by molar-refractivity contribution is 6.31. The first-order chi connectivity index (χ1) is 13.9. The van der Waals surface area contributed by atoms with Crippen LogP contribution >= 0.6 is 11.6 Å². The molecule has 1 saturated heterocycles. The predicted molar refractivity (Wildman–Crippen MR) is 113 cm³/mol. The average molecular weight is 416 g/mol. The molecule has 3 heterocycles. The number of rotatable bonds is 4. The Bertz CT molecular complexity index is 1040. The average Bonchev–Trinajstić information content (AvgIpc) is 2.72. The molecule has 6 nitrogen and oxygen atoms in total. The minimum atomic E-state index is -0.450. The van der Waals surface area contributed by atoms with Gasteiger partial charge in [0.05, 0.1) is 40.3 Å². The summed E-state index contributed by atoms with van der Waals surface area (Å²) >= 11 is 6.15. The maximum Gasteiger partial charge on any atom is 0.158 e. The SMILES string of the molecule is Cc1nnc(N[C@H](C)c2cccc(F)c2Cl)c2cc(N3CCC(O)CC3)cnc12. The molecule has 0 saturated carbocycles. The molecule has 29 heavy (non-hydrogen) atoms. The zero-order valence-corrected chi connectivity index (χ0v) is 17.1. The number of pyridine rings is 1. The number of fused-ring (bicyclic) bond motifs is 1. The van der Waals surface area contributed by atoms with Gasteiger partial charge in [-0.3, -0.25) is 4.98 Å². The minimum absolute atomic E-state index is 0.0996. The number of piperidine rings is 1. The number of nitrogens with one attached hydrogen (secondary N) is 1. The topological polar surface area (TPSA) is 74.2 Å². The van der Waals surface area contributed by atoms with E-state index in [9.17, 15) is 9.50 Å². The van der Waals surface area contributed by atoms with Gasteiger partial charge in [-0.2, -0.15) is 5.10 Å². The van der Waals surface area contributed by atoms with Gasteiger partial charge in [0.2, 0.25) is 0 Å². The van der Waals surface area contributed by atoms with Crippen molar-refractivity contribution in [3.05, 3.63) is 52.6 Å². The van der Waals surface area contributed by atoms with Crippen LogP contribution in [0.3, 0.4) is 0 Å². The molecule has 1 aliphatic heterocycles. The van der Waals surface area contributed by atoms with Crippen LogP contribution in [0.25, 0.3) is 10.9 Å². The Labute approximate surface area is 173 Å². The van der Waals surface area contributed by atoms with Crippen molar-refractivity contribution in [1.82, 2.24) is 15.2 Å². The highest BCUT2D eigenvalue weighted by Crippen LogP contribution is 2.32. The largest absolute Gasteiger partial charge is 0.393 e. The lowest BCUT2D eigenvalue weighted by Gasteiger charge is -2.31. The third kappa shape index (κ3) is 3.97. The minimum Gasteiger partial charge on any atom is -0.393 e. The van der Waals surface area contributed by atoms with Gasteiger partial charge in [0, 0.05) is 18.5 Å². The summed E-state index contributed by atoms with van der Waals surface area (Å²) in [5.41, 5.74) is 3.14. The van der Waals surface area contributed by atoms with Crippen molar-refractivity contribution >= 4 is 34.0 Å². The number of nitrogens with zero attached hydrogens (tertiary/aromatic N) is 4. The lowest BCUT2D eigenvalue weighted by atomic mass is 10.1. The molecule has 0 unspecified atom stereocenters. The molecule has 8 heteroatoms. The van der Waals surface area contributed by atoms with Crippen LogP contribution in [0.4, 0.5) is 15.9 Å². The molecule has 4 rings (SSSR count). The number of aryl methyl sites for hydroxylation is 1. The molecule has 0 spiro atoms. The molecule has 0 aliphatic carbocycles. The summed E-state index contributed by atoms with van der Waals surface area (Å²) in [6.45, 7) is 5.33. The maximum atomic E-state index is 13.8. The molecule has 0 radical (unpaired) electrons. The Morgan fingerprint density at radius 3 is 2.79 bits per heavy atom. The van der Waals surface area contributed by atoms with Crippen molar-refractivity contribution in [2.75, 3.05) is 23.3 Å². The second kappa shape index (κ2) is 8.08. The number of aromatic nitrogens is 3. The number of aliphatic hydroxyl groups excluding tert-OH is 1. The maximum absolute atomic E-state index is 13.8. The monoisotopic (exact) mass is 415 g/mol. The molecule has 152 valence electrons. The fourth-order valence-corrected chi connectivity index (χ4v) is 3.98. The van der Waals surface area contributed by atoms with Gasteiger partial charge in [0.25, 0.3) is 0 Å². The van der Waals surface area contributed by atoms with Gasteiger partial charge in [-0.25, -0.2) is 4.39 Å². The molecule has 1 atom stereocenters. The Hall–Kier alpha value is -2.51. The fraction of sp³-hybridized carbons (Fsp3) is 0.381. The highest BCUT2D eigenvalue weighted by Gasteiger charge is 2.20. The first kappa shape index (κ1) is 19.8. The summed E-state index contributed by atoms with van der Waals surface area (Å²) in [7, 11) is 0. The molecular weight excluding hydrogens is 393 g/mol. The number of aliphatic hydroxyl groups is 1. The molecule has 2 aromatic heterocycles. The van der Waals surface area contributed by atoms with Crippen LogP contribution in [0, 0.1) is 12.7 Å². The normalized spacial score (nSPS) is 16.2. The molecule has 1 fully saturated rings. The number of hydrogen-bond acceptors (Lipinski definition) is 6. The lowest BCUT2D eigenvalue weighted by Crippen LogP contribution is -2.35. The molecule has 1 aromatic carbocycles. The van der Waals surface area contributed by atoms with E-state index in [2.05, 4.69) is 25.4 Å². The second-order valence-electron chi connectivity index (χ2n) is 7.45. The van der Waals surface area contributed by atoms with E-state index in [4.69, 9.17) is 11.6 Å². The van der Waals surface area contributed by atoms with Gasteiger partial charge < -0.3 is 15.3 Å². The number of halogens is 2. The Morgan fingerprint density at radius 1 is 1.28 bits per heavy atom. The first-order valence-electron chi connectivity index (χ1n) is 9.70. The number of benzene rings is 1. The first-order valence-corrected chi connectivity index (χ1v) is 10.1. The summed E-state index contributed by atoms with van der Waals surface area (Å²) in [5.74, 6) is 0.124. The van der Waals surface area contributed by atoms with E-state index in [-0.39, 0.29) is 17.2 Å². The van der Waals surface area contributed by atoms with Crippen LogP contribution in [0.5, 0.6) is 0 Å². The molecular formula is C21H23ClFN5O. The van der Waals surface area contributed by atoms with Crippen molar-refractivity contribution in [2.24, 2.45) is 0 Å². The van der Waals surface area contributed by atoms with E-state index >= 15 is 0 Å². The van der Waals surface area contributed by atoms with Gasteiger partial charge in [0.1, 0.15) is 5.82 Å².